The van der Waals surface area contributed by atoms with Crippen LogP contribution in [0.1, 0.15) is 23.7 Å². The molecule has 1 aliphatic heterocycles. The van der Waals surface area contributed by atoms with Crippen molar-refractivity contribution < 1.29 is 14.3 Å². The van der Waals surface area contributed by atoms with Gasteiger partial charge in [0.05, 0.1) is 5.56 Å². The summed E-state index contributed by atoms with van der Waals surface area (Å²) in [5, 5.41) is 15.2. The minimum atomic E-state index is -0.700. The zero-order valence-electron chi connectivity index (χ0n) is 10.2. The van der Waals surface area contributed by atoms with Gasteiger partial charge in [-0.1, -0.05) is 6.92 Å². The second-order valence-corrected chi connectivity index (χ2v) is 4.71. The van der Waals surface area contributed by atoms with Crippen LogP contribution in [0.25, 0.3) is 0 Å². The van der Waals surface area contributed by atoms with E-state index >= 15 is 0 Å². The van der Waals surface area contributed by atoms with Crippen molar-refractivity contribution >= 4 is 5.91 Å². The number of amides is 1. The number of halogens is 1. The summed E-state index contributed by atoms with van der Waals surface area (Å²) in [5.41, 5.74) is -0.0291. The number of phenolic OH excluding ortho intramolecular Hbond substituents is 1. The zero-order valence-corrected chi connectivity index (χ0v) is 10.2. The normalized spacial score (nSPS) is 23.7. The summed E-state index contributed by atoms with van der Waals surface area (Å²) in [5.74, 6) is -0.984. The molecule has 2 atom stereocenters. The highest BCUT2D eigenvalue weighted by Crippen LogP contribution is 2.16. The number of rotatable bonds is 2. The molecule has 1 amide bonds. The molecule has 2 unspecified atom stereocenters. The third kappa shape index (κ3) is 2.79. The van der Waals surface area contributed by atoms with Gasteiger partial charge in [0.15, 0.2) is 0 Å². The Bertz CT molecular complexity index is 451. The van der Waals surface area contributed by atoms with Crippen LogP contribution in [0.15, 0.2) is 18.2 Å². The van der Waals surface area contributed by atoms with Crippen molar-refractivity contribution in [3.63, 3.8) is 0 Å². The number of nitrogens with one attached hydrogen (secondary N) is 2. The van der Waals surface area contributed by atoms with E-state index < -0.39 is 11.7 Å². The van der Waals surface area contributed by atoms with Crippen molar-refractivity contribution in [1.82, 2.24) is 10.6 Å². The number of piperidine rings is 1. The lowest BCUT2D eigenvalue weighted by Crippen LogP contribution is -2.48. The van der Waals surface area contributed by atoms with E-state index in [2.05, 4.69) is 10.6 Å². The van der Waals surface area contributed by atoms with Crippen LogP contribution >= 0.6 is 0 Å². The van der Waals surface area contributed by atoms with Crippen molar-refractivity contribution in [1.29, 1.82) is 0 Å². The molecule has 1 saturated heterocycles. The fraction of sp³-hybridized carbons (Fsp3) is 0.462. The van der Waals surface area contributed by atoms with Crippen LogP contribution < -0.4 is 10.6 Å². The second-order valence-electron chi connectivity index (χ2n) is 4.71. The van der Waals surface area contributed by atoms with Gasteiger partial charge in [0.1, 0.15) is 11.6 Å². The molecule has 3 N–H and O–H groups in total. The largest absolute Gasteiger partial charge is 0.508 e. The average molecular weight is 252 g/mol. The van der Waals surface area contributed by atoms with Crippen molar-refractivity contribution in [3.05, 3.63) is 29.6 Å². The first-order chi connectivity index (χ1) is 8.58. The number of carbonyl (C=O) groups is 1. The van der Waals surface area contributed by atoms with E-state index in [-0.39, 0.29) is 17.4 Å². The summed E-state index contributed by atoms with van der Waals surface area (Å²) in [4.78, 5) is 11.9. The number of phenols is 1. The molecule has 1 aromatic rings. The van der Waals surface area contributed by atoms with Gasteiger partial charge in [-0.2, -0.15) is 0 Å². The molecule has 0 aromatic heterocycles. The quantitative estimate of drug-likeness (QED) is 0.742. The Morgan fingerprint density at radius 2 is 2.33 bits per heavy atom. The number of hydrogen-bond acceptors (Lipinski definition) is 3. The molecular formula is C13H17FN2O2. The lowest BCUT2D eigenvalue weighted by atomic mass is 9.95. The fourth-order valence-corrected chi connectivity index (χ4v) is 2.16. The van der Waals surface area contributed by atoms with E-state index in [0.717, 1.165) is 25.6 Å². The summed E-state index contributed by atoms with van der Waals surface area (Å²) in [7, 11) is 0. The molecule has 0 spiro atoms. The van der Waals surface area contributed by atoms with Crippen molar-refractivity contribution in [3.8, 4) is 5.75 Å². The molecule has 1 aromatic carbocycles. The molecule has 1 heterocycles. The molecule has 0 radical (unpaired) electrons. The molecule has 4 nitrogen and oxygen atoms in total. The first kappa shape index (κ1) is 12.8. The molecule has 0 aliphatic carbocycles. The Balaban J connectivity index is 2.07. The number of hydrogen-bond donors (Lipinski definition) is 3. The fourth-order valence-electron chi connectivity index (χ4n) is 2.16. The summed E-state index contributed by atoms with van der Waals surface area (Å²) in [6.45, 7) is 3.75. The first-order valence-electron chi connectivity index (χ1n) is 6.08. The molecular weight excluding hydrogens is 235 g/mol. The zero-order chi connectivity index (χ0) is 13.1. The van der Waals surface area contributed by atoms with Crippen LogP contribution in [0.5, 0.6) is 5.75 Å². The van der Waals surface area contributed by atoms with Gasteiger partial charge in [0, 0.05) is 12.1 Å². The van der Waals surface area contributed by atoms with Gasteiger partial charge in [-0.05, 0) is 37.6 Å². The lowest BCUT2D eigenvalue weighted by Gasteiger charge is -2.30. The second kappa shape index (κ2) is 5.35. The summed E-state index contributed by atoms with van der Waals surface area (Å²) >= 11 is 0. The number of benzene rings is 1. The number of carbonyl (C=O) groups excluding carboxylic acids is 1. The van der Waals surface area contributed by atoms with Gasteiger partial charge in [0.2, 0.25) is 0 Å². The highest BCUT2D eigenvalue weighted by molar-refractivity contribution is 5.94. The predicted molar refractivity (Wildman–Crippen MR) is 66.0 cm³/mol. The van der Waals surface area contributed by atoms with Gasteiger partial charge < -0.3 is 15.7 Å². The lowest BCUT2D eigenvalue weighted by molar-refractivity contribution is 0.0910. The van der Waals surface area contributed by atoms with Gasteiger partial charge in [-0.3, -0.25) is 4.79 Å². The van der Waals surface area contributed by atoms with Crippen LogP contribution in [-0.4, -0.2) is 30.1 Å². The van der Waals surface area contributed by atoms with E-state index in [9.17, 15) is 9.18 Å². The highest BCUT2D eigenvalue weighted by Gasteiger charge is 2.24. The van der Waals surface area contributed by atoms with Crippen molar-refractivity contribution in [2.45, 2.75) is 19.4 Å². The average Bonchev–Trinajstić information content (AvgIpc) is 2.32. The monoisotopic (exact) mass is 252 g/mol. The molecule has 18 heavy (non-hydrogen) atoms. The SMILES string of the molecule is CC1CNCCC1NC(=O)c1ccc(O)cc1F. The standard InChI is InChI=1S/C13H17FN2O2/c1-8-7-15-5-4-12(8)16-13(18)10-3-2-9(17)6-11(10)14/h2-3,6,8,12,15,17H,4-5,7H2,1H3,(H,16,18). The molecule has 1 fully saturated rings. The molecule has 5 heteroatoms. The Morgan fingerprint density at radius 1 is 1.56 bits per heavy atom. The van der Waals surface area contributed by atoms with Crippen molar-refractivity contribution in [2.75, 3.05) is 13.1 Å². The minimum Gasteiger partial charge on any atom is -0.508 e. The van der Waals surface area contributed by atoms with E-state index in [4.69, 9.17) is 5.11 Å². The topological polar surface area (TPSA) is 61.4 Å². The van der Waals surface area contributed by atoms with Crippen molar-refractivity contribution in [2.24, 2.45) is 5.92 Å². The Labute approximate surface area is 105 Å². The van der Waals surface area contributed by atoms with E-state index in [1.165, 1.54) is 12.1 Å². The van der Waals surface area contributed by atoms with Crippen LogP contribution in [0.3, 0.4) is 0 Å². The molecule has 1 aliphatic rings. The van der Waals surface area contributed by atoms with Crippen LogP contribution in [0, 0.1) is 11.7 Å². The maximum atomic E-state index is 13.5. The third-order valence-corrected chi connectivity index (χ3v) is 3.30. The summed E-state index contributed by atoms with van der Waals surface area (Å²) in [6, 6.07) is 3.61. The highest BCUT2D eigenvalue weighted by atomic mass is 19.1. The summed E-state index contributed by atoms with van der Waals surface area (Å²) in [6.07, 6.45) is 0.840. The molecule has 0 bridgehead atoms. The predicted octanol–water partition coefficient (Wildman–Crippen LogP) is 1.26. The molecule has 98 valence electrons. The Kier molecular flexibility index (Phi) is 3.81. The van der Waals surface area contributed by atoms with Gasteiger partial charge in [-0.15, -0.1) is 0 Å². The van der Waals surface area contributed by atoms with E-state index in [0.29, 0.717) is 5.92 Å². The molecule has 2 rings (SSSR count). The van der Waals surface area contributed by atoms with Crippen LogP contribution in [0.2, 0.25) is 0 Å². The minimum absolute atomic E-state index is 0.0291. The third-order valence-electron chi connectivity index (χ3n) is 3.30. The number of aromatic hydroxyl groups is 1. The maximum Gasteiger partial charge on any atom is 0.254 e. The Morgan fingerprint density at radius 3 is 3.00 bits per heavy atom. The maximum absolute atomic E-state index is 13.5. The van der Waals surface area contributed by atoms with Crippen LogP contribution in [0.4, 0.5) is 4.39 Å². The Hall–Kier alpha value is -1.62. The van der Waals surface area contributed by atoms with Gasteiger partial charge >= 0.3 is 0 Å². The molecule has 0 saturated carbocycles. The van der Waals surface area contributed by atoms with E-state index in [1.807, 2.05) is 6.92 Å². The van der Waals surface area contributed by atoms with Gasteiger partial charge in [-0.25, -0.2) is 4.39 Å². The summed E-state index contributed by atoms with van der Waals surface area (Å²) < 4.78 is 13.5. The first-order valence-corrected chi connectivity index (χ1v) is 6.08. The van der Waals surface area contributed by atoms with Gasteiger partial charge in [0.25, 0.3) is 5.91 Å². The van der Waals surface area contributed by atoms with E-state index in [1.54, 1.807) is 0 Å². The van der Waals surface area contributed by atoms with Crippen LogP contribution in [-0.2, 0) is 0 Å². The smallest absolute Gasteiger partial charge is 0.254 e.